The molecule has 0 aliphatic heterocycles. The van der Waals surface area contributed by atoms with E-state index in [2.05, 4.69) is 21.8 Å². The maximum atomic E-state index is 10.9. The van der Waals surface area contributed by atoms with Crippen LogP contribution in [0.2, 0.25) is 0 Å². The first-order valence-electron chi connectivity index (χ1n) is 7.13. The molecule has 0 bridgehead atoms. The molecular formula is C14H23N3O2. The number of carboxylic acid groups (broad SMARTS) is 1. The van der Waals surface area contributed by atoms with Gasteiger partial charge in [-0.2, -0.15) is 0 Å². The minimum atomic E-state index is -0.627. The molecule has 2 rings (SSSR count). The van der Waals surface area contributed by atoms with Crippen molar-refractivity contribution >= 4 is 5.97 Å². The Morgan fingerprint density at radius 1 is 1.47 bits per heavy atom. The van der Waals surface area contributed by atoms with Gasteiger partial charge in [0.1, 0.15) is 0 Å². The van der Waals surface area contributed by atoms with Crippen LogP contribution >= 0.6 is 0 Å². The Morgan fingerprint density at radius 2 is 2.21 bits per heavy atom. The molecule has 5 heteroatoms. The van der Waals surface area contributed by atoms with Gasteiger partial charge in [0, 0.05) is 19.3 Å². The van der Waals surface area contributed by atoms with E-state index >= 15 is 0 Å². The summed E-state index contributed by atoms with van der Waals surface area (Å²) in [4.78, 5) is 15.0. The Bertz CT molecular complexity index is 409. The van der Waals surface area contributed by atoms with E-state index in [1.54, 1.807) is 0 Å². The zero-order chi connectivity index (χ0) is 13.7. The smallest absolute Gasteiger partial charge is 0.306 e. The molecule has 1 aromatic rings. The summed E-state index contributed by atoms with van der Waals surface area (Å²) >= 11 is 0. The summed E-state index contributed by atoms with van der Waals surface area (Å²) in [6.45, 7) is 4.87. The van der Waals surface area contributed by atoms with Crippen LogP contribution < -0.4 is 5.32 Å². The van der Waals surface area contributed by atoms with Crippen molar-refractivity contribution in [2.75, 3.05) is 6.54 Å². The van der Waals surface area contributed by atoms with Gasteiger partial charge in [-0.1, -0.05) is 0 Å². The molecule has 106 valence electrons. The fourth-order valence-electron chi connectivity index (χ4n) is 2.80. The van der Waals surface area contributed by atoms with Gasteiger partial charge in [0.2, 0.25) is 0 Å². The van der Waals surface area contributed by atoms with Gasteiger partial charge in [-0.25, -0.2) is 4.98 Å². The molecule has 2 N–H and O–H groups in total. The average Bonchev–Trinajstić information content (AvgIpc) is 2.87. The molecule has 0 radical (unpaired) electrons. The molecule has 0 unspecified atom stereocenters. The van der Waals surface area contributed by atoms with Crippen molar-refractivity contribution in [3.8, 4) is 0 Å². The van der Waals surface area contributed by atoms with Gasteiger partial charge in [0.15, 0.2) is 0 Å². The summed E-state index contributed by atoms with van der Waals surface area (Å²) in [5.41, 5.74) is 1.21. The summed E-state index contributed by atoms with van der Waals surface area (Å²) in [6, 6.07) is 0. The van der Waals surface area contributed by atoms with E-state index in [4.69, 9.17) is 5.11 Å². The van der Waals surface area contributed by atoms with Crippen LogP contribution in [0.3, 0.4) is 0 Å². The number of imidazole rings is 1. The number of carboxylic acids is 1. The Labute approximate surface area is 114 Å². The number of hydrogen-bond donors (Lipinski definition) is 2. The molecular weight excluding hydrogens is 242 g/mol. The summed E-state index contributed by atoms with van der Waals surface area (Å²) in [5, 5.41) is 12.4. The largest absolute Gasteiger partial charge is 0.481 e. The van der Waals surface area contributed by atoms with Gasteiger partial charge in [0.05, 0.1) is 17.9 Å². The van der Waals surface area contributed by atoms with E-state index in [0.717, 1.165) is 45.3 Å². The van der Waals surface area contributed by atoms with E-state index in [9.17, 15) is 4.79 Å². The first-order valence-corrected chi connectivity index (χ1v) is 7.13. The highest BCUT2D eigenvalue weighted by atomic mass is 16.4. The van der Waals surface area contributed by atoms with Crippen molar-refractivity contribution in [2.45, 2.75) is 45.7 Å². The fourth-order valence-corrected chi connectivity index (χ4v) is 2.80. The lowest BCUT2D eigenvalue weighted by Gasteiger charge is -2.26. The molecule has 5 nitrogen and oxygen atoms in total. The topological polar surface area (TPSA) is 67.2 Å². The Hall–Kier alpha value is -1.36. The maximum absolute atomic E-state index is 10.9. The van der Waals surface area contributed by atoms with Gasteiger partial charge >= 0.3 is 5.97 Å². The first-order chi connectivity index (χ1) is 9.20. The molecule has 0 atom stereocenters. The van der Waals surface area contributed by atoms with Crippen molar-refractivity contribution in [2.24, 2.45) is 11.8 Å². The fraction of sp³-hybridized carbons (Fsp3) is 0.714. The second kappa shape index (κ2) is 6.70. The van der Waals surface area contributed by atoms with Crippen LogP contribution in [-0.2, 0) is 17.9 Å². The van der Waals surface area contributed by atoms with E-state index in [1.807, 2.05) is 12.5 Å². The lowest BCUT2D eigenvalue weighted by atomic mass is 9.82. The highest BCUT2D eigenvalue weighted by Crippen LogP contribution is 2.28. The molecule has 1 heterocycles. The number of aromatic nitrogens is 2. The maximum Gasteiger partial charge on any atom is 0.306 e. The van der Waals surface area contributed by atoms with Gasteiger partial charge in [-0.3, -0.25) is 4.79 Å². The monoisotopic (exact) mass is 265 g/mol. The lowest BCUT2D eigenvalue weighted by Crippen LogP contribution is -2.29. The molecule has 19 heavy (non-hydrogen) atoms. The molecule has 0 amide bonds. The minimum Gasteiger partial charge on any atom is -0.481 e. The Kier molecular flexibility index (Phi) is 4.96. The van der Waals surface area contributed by atoms with E-state index in [0.29, 0.717) is 5.92 Å². The predicted molar refractivity (Wildman–Crippen MR) is 72.7 cm³/mol. The molecule has 1 fully saturated rings. The number of hydrogen-bond acceptors (Lipinski definition) is 3. The lowest BCUT2D eigenvalue weighted by molar-refractivity contribution is -0.143. The third kappa shape index (κ3) is 3.80. The van der Waals surface area contributed by atoms with E-state index in [1.165, 1.54) is 5.69 Å². The van der Waals surface area contributed by atoms with Crippen LogP contribution in [0.25, 0.3) is 0 Å². The summed E-state index contributed by atoms with van der Waals surface area (Å²) in [7, 11) is 0. The zero-order valence-electron chi connectivity index (χ0n) is 11.5. The predicted octanol–water partition coefficient (Wildman–Crippen LogP) is 1.88. The van der Waals surface area contributed by atoms with Gasteiger partial charge in [-0.05, 0) is 45.1 Å². The number of nitrogens with zero attached hydrogens (tertiary/aromatic N) is 2. The van der Waals surface area contributed by atoms with Crippen molar-refractivity contribution in [1.82, 2.24) is 14.9 Å². The van der Waals surface area contributed by atoms with E-state index < -0.39 is 5.97 Å². The third-order valence-corrected chi connectivity index (χ3v) is 4.07. The van der Waals surface area contributed by atoms with Crippen molar-refractivity contribution in [3.05, 3.63) is 18.2 Å². The van der Waals surface area contributed by atoms with Gasteiger partial charge in [0.25, 0.3) is 0 Å². The highest BCUT2D eigenvalue weighted by molar-refractivity contribution is 5.69. The highest BCUT2D eigenvalue weighted by Gasteiger charge is 2.25. The molecule has 1 aliphatic rings. The Balaban J connectivity index is 1.68. The second-order valence-corrected chi connectivity index (χ2v) is 5.36. The van der Waals surface area contributed by atoms with E-state index in [-0.39, 0.29) is 5.92 Å². The van der Waals surface area contributed by atoms with Crippen molar-refractivity contribution in [1.29, 1.82) is 0 Å². The van der Waals surface area contributed by atoms with Crippen LogP contribution in [-0.4, -0.2) is 27.2 Å². The Morgan fingerprint density at radius 3 is 2.84 bits per heavy atom. The van der Waals surface area contributed by atoms with Gasteiger partial charge in [-0.15, -0.1) is 0 Å². The van der Waals surface area contributed by atoms with Crippen LogP contribution in [0.4, 0.5) is 0 Å². The average molecular weight is 265 g/mol. The standard InChI is InChI=1S/C14H23N3O2/c1-2-17-10-16-9-13(17)8-15-7-11-3-5-12(6-4-11)14(18)19/h9-12,15H,2-8H2,1H3,(H,18,19). The van der Waals surface area contributed by atoms with Crippen LogP contribution in [0.1, 0.15) is 38.3 Å². The second-order valence-electron chi connectivity index (χ2n) is 5.36. The summed E-state index contributed by atoms with van der Waals surface area (Å²) in [6.07, 6.45) is 7.46. The molecule has 1 aromatic heterocycles. The number of nitrogens with one attached hydrogen (secondary N) is 1. The molecule has 1 aliphatic carbocycles. The van der Waals surface area contributed by atoms with Crippen LogP contribution in [0.15, 0.2) is 12.5 Å². The molecule has 0 aromatic carbocycles. The normalized spacial score (nSPS) is 23.4. The van der Waals surface area contributed by atoms with Gasteiger partial charge < -0.3 is 15.0 Å². The summed E-state index contributed by atoms with van der Waals surface area (Å²) < 4.78 is 2.13. The van der Waals surface area contributed by atoms with Crippen molar-refractivity contribution < 1.29 is 9.90 Å². The quantitative estimate of drug-likeness (QED) is 0.824. The molecule has 0 saturated heterocycles. The van der Waals surface area contributed by atoms with Crippen molar-refractivity contribution in [3.63, 3.8) is 0 Å². The summed E-state index contributed by atoms with van der Waals surface area (Å²) in [5.74, 6) is -0.121. The number of rotatable bonds is 6. The van der Waals surface area contributed by atoms with Crippen LogP contribution in [0.5, 0.6) is 0 Å². The first kappa shape index (κ1) is 14.1. The SMILES string of the molecule is CCn1cncc1CNCC1CCC(C(=O)O)CC1. The zero-order valence-corrected chi connectivity index (χ0v) is 11.5. The molecule has 1 saturated carbocycles. The van der Waals surface area contributed by atoms with Crippen LogP contribution in [0, 0.1) is 11.8 Å². The number of aryl methyl sites for hydroxylation is 1. The number of aliphatic carboxylic acids is 1. The third-order valence-electron chi connectivity index (χ3n) is 4.07. The minimum absolute atomic E-state index is 0.113. The number of carbonyl (C=O) groups is 1. The molecule has 0 spiro atoms.